The van der Waals surface area contributed by atoms with Gasteiger partial charge in [-0.15, -0.1) is 11.3 Å². The van der Waals surface area contributed by atoms with Crippen LogP contribution >= 0.6 is 11.3 Å². The zero-order valence-electron chi connectivity index (χ0n) is 11.5. The Hall–Kier alpha value is -1.71. The van der Waals surface area contributed by atoms with Crippen LogP contribution in [0.2, 0.25) is 0 Å². The smallest absolute Gasteiger partial charge is 0.0850 e. The van der Waals surface area contributed by atoms with E-state index in [9.17, 15) is 4.21 Å². The second-order valence-electron chi connectivity index (χ2n) is 4.81. The van der Waals surface area contributed by atoms with Crippen molar-refractivity contribution in [2.75, 3.05) is 0 Å². The lowest BCUT2D eigenvalue weighted by atomic mass is 10.0. The van der Waals surface area contributed by atoms with E-state index in [1.165, 1.54) is 4.88 Å². The average Bonchev–Trinajstić information content (AvgIpc) is 3.02. The standard InChI is InChI=1S/C18H16OS2/c19-21(14-17-12-7-13-20-17)18(15-8-3-1-4-9-15)16-10-5-2-6-11-16/h1-13,18H,14H2. The summed E-state index contributed by atoms with van der Waals surface area (Å²) >= 11 is 1.67. The van der Waals surface area contributed by atoms with E-state index in [1.807, 2.05) is 47.8 Å². The lowest BCUT2D eigenvalue weighted by Crippen LogP contribution is -2.10. The van der Waals surface area contributed by atoms with Gasteiger partial charge in [0.1, 0.15) is 0 Å². The van der Waals surface area contributed by atoms with Crippen LogP contribution in [0.25, 0.3) is 0 Å². The number of rotatable bonds is 5. The fourth-order valence-electron chi connectivity index (χ4n) is 2.37. The molecule has 0 aliphatic carbocycles. The normalized spacial score (nSPS) is 12.4. The molecule has 0 aliphatic rings. The molecule has 1 heterocycles. The summed E-state index contributed by atoms with van der Waals surface area (Å²) in [5.41, 5.74) is 2.22. The van der Waals surface area contributed by atoms with Crippen molar-refractivity contribution in [2.24, 2.45) is 0 Å². The molecule has 106 valence electrons. The fourth-order valence-corrected chi connectivity index (χ4v) is 4.94. The van der Waals surface area contributed by atoms with Crippen molar-refractivity contribution in [1.29, 1.82) is 0 Å². The van der Waals surface area contributed by atoms with Crippen molar-refractivity contribution in [3.63, 3.8) is 0 Å². The third-order valence-corrected chi connectivity index (χ3v) is 6.06. The molecule has 3 rings (SSSR count). The fraction of sp³-hybridized carbons (Fsp3) is 0.111. The number of hydrogen-bond donors (Lipinski definition) is 0. The minimum atomic E-state index is -0.979. The van der Waals surface area contributed by atoms with E-state index in [0.29, 0.717) is 5.75 Å². The Morgan fingerprint density at radius 3 is 1.86 bits per heavy atom. The highest BCUT2D eigenvalue weighted by Gasteiger charge is 2.21. The highest BCUT2D eigenvalue weighted by molar-refractivity contribution is 7.84. The summed E-state index contributed by atoms with van der Waals surface area (Å²) in [6.07, 6.45) is 0. The van der Waals surface area contributed by atoms with Crippen LogP contribution in [0.5, 0.6) is 0 Å². The van der Waals surface area contributed by atoms with Crippen molar-refractivity contribution in [3.8, 4) is 0 Å². The van der Waals surface area contributed by atoms with E-state index < -0.39 is 10.8 Å². The minimum absolute atomic E-state index is 0.0745. The Kier molecular flexibility index (Phi) is 4.63. The molecule has 2 aromatic carbocycles. The third-order valence-electron chi connectivity index (χ3n) is 3.33. The zero-order chi connectivity index (χ0) is 14.5. The van der Waals surface area contributed by atoms with Crippen LogP contribution in [0.3, 0.4) is 0 Å². The van der Waals surface area contributed by atoms with Gasteiger partial charge in [0.2, 0.25) is 0 Å². The monoisotopic (exact) mass is 312 g/mol. The van der Waals surface area contributed by atoms with Gasteiger partial charge >= 0.3 is 0 Å². The molecule has 0 amide bonds. The quantitative estimate of drug-likeness (QED) is 0.662. The van der Waals surface area contributed by atoms with Crippen molar-refractivity contribution in [1.82, 2.24) is 0 Å². The van der Waals surface area contributed by atoms with Crippen LogP contribution < -0.4 is 0 Å². The molecule has 0 bridgehead atoms. The molecular weight excluding hydrogens is 296 g/mol. The maximum Gasteiger partial charge on any atom is 0.0850 e. The van der Waals surface area contributed by atoms with Crippen LogP contribution in [0.4, 0.5) is 0 Å². The summed E-state index contributed by atoms with van der Waals surface area (Å²) in [6.45, 7) is 0. The van der Waals surface area contributed by atoms with Gasteiger partial charge in [0.05, 0.1) is 11.0 Å². The van der Waals surface area contributed by atoms with E-state index >= 15 is 0 Å². The largest absolute Gasteiger partial charge is 0.258 e. The minimum Gasteiger partial charge on any atom is -0.258 e. The maximum absolute atomic E-state index is 12.9. The summed E-state index contributed by atoms with van der Waals surface area (Å²) in [5, 5.41) is 1.96. The van der Waals surface area contributed by atoms with Crippen LogP contribution in [-0.2, 0) is 16.6 Å². The molecular formula is C18H16OS2. The van der Waals surface area contributed by atoms with E-state index in [-0.39, 0.29) is 5.25 Å². The first-order valence-electron chi connectivity index (χ1n) is 6.84. The van der Waals surface area contributed by atoms with E-state index in [1.54, 1.807) is 11.3 Å². The van der Waals surface area contributed by atoms with Gasteiger partial charge in [0.15, 0.2) is 0 Å². The van der Waals surface area contributed by atoms with Crippen molar-refractivity contribution < 1.29 is 4.21 Å². The molecule has 3 heteroatoms. The number of benzene rings is 2. The second-order valence-corrected chi connectivity index (χ2v) is 7.36. The van der Waals surface area contributed by atoms with Crippen molar-refractivity contribution in [2.45, 2.75) is 11.0 Å². The van der Waals surface area contributed by atoms with E-state index in [0.717, 1.165) is 11.1 Å². The number of hydrogen-bond acceptors (Lipinski definition) is 2. The highest BCUT2D eigenvalue weighted by atomic mass is 32.2. The summed E-state index contributed by atoms with van der Waals surface area (Å²) < 4.78 is 12.9. The predicted molar refractivity (Wildman–Crippen MR) is 90.9 cm³/mol. The molecule has 21 heavy (non-hydrogen) atoms. The average molecular weight is 312 g/mol. The SMILES string of the molecule is O=S(Cc1cccs1)C(c1ccccc1)c1ccccc1. The van der Waals surface area contributed by atoms with Gasteiger partial charge in [0, 0.05) is 15.7 Å². The molecule has 0 radical (unpaired) electrons. The van der Waals surface area contributed by atoms with Crippen molar-refractivity contribution >= 4 is 22.1 Å². The summed E-state index contributed by atoms with van der Waals surface area (Å²) in [7, 11) is -0.979. The molecule has 0 aliphatic heterocycles. The molecule has 1 atom stereocenters. The number of thiophene rings is 1. The Morgan fingerprint density at radius 2 is 1.38 bits per heavy atom. The summed E-state index contributed by atoms with van der Waals surface area (Å²) in [4.78, 5) is 1.17. The van der Waals surface area contributed by atoms with Gasteiger partial charge in [-0.1, -0.05) is 66.7 Å². The van der Waals surface area contributed by atoms with Gasteiger partial charge < -0.3 is 0 Å². The first-order chi connectivity index (χ1) is 10.3. The van der Waals surface area contributed by atoms with Crippen LogP contribution in [0.15, 0.2) is 78.2 Å². The summed E-state index contributed by atoms with van der Waals surface area (Å²) in [6, 6.07) is 24.3. The molecule has 0 spiro atoms. The molecule has 1 nitrogen and oxygen atoms in total. The van der Waals surface area contributed by atoms with Gasteiger partial charge in [-0.05, 0) is 22.6 Å². The molecule has 3 aromatic rings. The Bertz CT molecular complexity index is 651. The van der Waals surface area contributed by atoms with Crippen LogP contribution in [0.1, 0.15) is 21.3 Å². The van der Waals surface area contributed by atoms with Gasteiger partial charge in [-0.3, -0.25) is 4.21 Å². The zero-order valence-corrected chi connectivity index (χ0v) is 13.1. The molecule has 1 unspecified atom stereocenters. The third kappa shape index (κ3) is 3.49. The van der Waals surface area contributed by atoms with E-state index in [4.69, 9.17) is 0 Å². The first-order valence-corrected chi connectivity index (χ1v) is 9.10. The predicted octanol–water partition coefficient (Wildman–Crippen LogP) is 4.79. The lowest BCUT2D eigenvalue weighted by Gasteiger charge is -2.17. The lowest BCUT2D eigenvalue weighted by molar-refractivity contribution is 0.678. The first kappa shape index (κ1) is 14.2. The Labute approximate surface area is 131 Å². The van der Waals surface area contributed by atoms with E-state index in [2.05, 4.69) is 30.3 Å². The molecule has 0 saturated heterocycles. The van der Waals surface area contributed by atoms with Gasteiger partial charge in [0.25, 0.3) is 0 Å². The van der Waals surface area contributed by atoms with Crippen LogP contribution in [-0.4, -0.2) is 4.21 Å². The highest BCUT2D eigenvalue weighted by Crippen LogP contribution is 2.30. The van der Waals surface area contributed by atoms with Crippen molar-refractivity contribution in [3.05, 3.63) is 94.2 Å². The van der Waals surface area contributed by atoms with Crippen LogP contribution in [0, 0.1) is 0 Å². The maximum atomic E-state index is 12.9. The molecule has 0 N–H and O–H groups in total. The second kappa shape index (κ2) is 6.83. The summed E-state index contributed by atoms with van der Waals surface area (Å²) in [5.74, 6) is 0.603. The van der Waals surface area contributed by atoms with Gasteiger partial charge in [-0.2, -0.15) is 0 Å². The Balaban J connectivity index is 1.95. The molecule has 0 fully saturated rings. The topological polar surface area (TPSA) is 17.1 Å². The Morgan fingerprint density at radius 1 is 0.810 bits per heavy atom. The molecule has 1 aromatic heterocycles. The molecule has 0 saturated carbocycles. The van der Waals surface area contributed by atoms with Gasteiger partial charge in [-0.25, -0.2) is 0 Å².